The number of nitrogens with zero attached hydrogens (tertiary/aromatic N) is 1. The van der Waals surface area contributed by atoms with E-state index in [1.165, 1.54) is 11.1 Å². The largest absolute Gasteiger partial charge is 0.392 e. The second kappa shape index (κ2) is 5.10. The Labute approximate surface area is 106 Å². The Morgan fingerprint density at radius 3 is 2.88 bits per heavy atom. The summed E-state index contributed by atoms with van der Waals surface area (Å²) in [6, 6.07) is 8.10. The number of benzene rings is 1. The zero-order valence-corrected chi connectivity index (χ0v) is 10.9. The molecule has 1 saturated heterocycles. The summed E-state index contributed by atoms with van der Waals surface area (Å²) in [7, 11) is 0. The van der Waals surface area contributed by atoms with E-state index in [4.69, 9.17) is 0 Å². The summed E-state index contributed by atoms with van der Waals surface area (Å²) < 4.78 is 0. The molecule has 1 N–H and O–H groups in total. The summed E-state index contributed by atoms with van der Waals surface area (Å²) in [5.41, 5.74) is 2.36. The number of aryl methyl sites for hydroxylation is 1. The monoisotopic (exact) mass is 251 g/mol. The molecule has 0 aliphatic carbocycles. The van der Waals surface area contributed by atoms with Crippen molar-refractivity contribution in [1.29, 1.82) is 0 Å². The summed E-state index contributed by atoms with van der Waals surface area (Å²) in [5.74, 6) is 0.621. The molecule has 0 bridgehead atoms. The van der Waals surface area contributed by atoms with Gasteiger partial charge in [-0.1, -0.05) is 24.3 Å². The van der Waals surface area contributed by atoms with Crippen LogP contribution in [-0.4, -0.2) is 34.3 Å². The average molecular weight is 251 g/mol. The molecular weight excluding hydrogens is 234 g/mol. The molecule has 1 heterocycles. The summed E-state index contributed by atoms with van der Waals surface area (Å²) in [6.45, 7) is 4.18. The molecule has 1 aromatic rings. The Bertz CT molecular complexity index is 420. The predicted octanol–water partition coefficient (Wildman–Crippen LogP) is 1.95. The van der Waals surface area contributed by atoms with E-state index in [9.17, 15) is 9.90 Å². The van der Waals surface area contributed by atoms with Crippen molar-refractivity contribution in [3.63, 3.8) is 0 Å². The van der Waals surface area contributed by atoms with Crippen LogP contribution in [0.25, 0.3) is 0 Å². The number of rotatable bonds is 3. The van der Waals surface area contributed by atoms with Crippen LogP contribution in [0.5, 0.6) is 0 Å². The number of carbonyl (C=O) groups excluding carboxylic acids is 1. The fourth-order valence-corrected chi connectivity index (χ4v) is 3.35. The van der Waals surface area contributed by atoms with Crippen LogP contribution in [0.2, 0.25) is 0 Å². The van der Waals surface area contributed by atoms with E-state index in [-0.39, 0.29) is 11.3 Å². The molecule has 1 amide bonds. The first-order chi connectivity index (χ1) is 8.09. The number of hydrogen-bond donors (Lipinski definition) is 1. The molecule has 0 saturated carbocycles. The third-order valence-corrected chi connectivity index (χ3v) is 4.12. The van der Waals surface area contributed by atoms with Crippen LogP contribution in [0.3, 0.4) is 0 Å². The first-order valence-electron chi connectivity index (χ1n) is 5.74. The summed E-state index contributed by atoms with van der Waals surface area (Å²) in [4.78, 5) is 13.6. The summed E-state index contributed by atoms with van der Waals surface area (Å²) in [5, 5.41) is 9.52. The number of β-amino-alcohol motifs (C(OH)–C–C–N with tert-alkyl or cyclic N) is 1. The van der Waals surface area contributed by atoms with Gasteiger partial charge in [0.15, 0.2) is 0 Å². The fraction of sp³-hybridized carbons (Fsp3) is 0.462. The topological polar surface area (TPSA) is 40.5 Å². The van der Waals surface area contributed by atoms with Crippen LogP contribution in [0.4, 0.5) is 0 Å². The van der Waals surface area contributed by atoms with E-state index in [1.54, 1.807) is 23.6 Å². The number of carbonyl (C=O) groups is 1. The van der Waals surface area contributed by atoms with Gasteiger partial charge in [0, 0.05) is 6.54 Å². The molecule has 1 fully saturated rings. The van der Waals surface area contributed by atoms with Crippen molar-refractivity contribution in [2.24, 2.45) is 0 Å². The lowest BCUT2D eigenvalue weighted by Gasteiger charge is -2.26. The van der Waals surface area contributed by atoms with E-state index in [0.29, 0.717) is 12.3 Å². The molecule has 0 unspecified atom stereocenters. The van der Waals surface area contributed by atoms with E-state index in [2.05, 4.69) is 19.1 Å². The van der Waals surface area contributed by atoms with Gasteiger partial charge in [-0.3, -0.25) is 4.79 Å². The van der Waals surface area contributed by atoms with Crippen molar-refractivity contribution < 1.29 is 9.90 Å². The van der Waals surface area contributed by atoms with Gasteiger partial charge in [0.2, 0.25) is 5.91 Å². The van der Waals surface area contributed by atoms with Gasteiger partial charge in [0.1, 0.15) is 5.37 Å². The highest BCUT2D eigenvalue weighted by Crippen LogP contribution is 2.39. The van der Waals surface area contributed by atoms with Crippen LogP contribution in [-0.2, 0) is 4.79 Å². The molecule has 4 heteroatoms. The molecule has 0 spiro atoms. The normalized spacial score (nSPS) is 21.9. The van der Waals surface area contributed by atoms with Gasteiger partial charge in [0.25, 0.3) is 0 Å². The molecule has 3 nitrogen and oxygen atoms in total. The number of aliphatic hydroxyl groups excluding tert-OH is 1. The number of thioether (sulfide) groups is 1. The molecule has 1 aliphatic rings. The lowest BCUT2D eigenvalue weighted by molar-refractivity contribution is -0.129. The van der Waals surface area contributed by atoms with E-state index in [1.807, 2.05) is 12.1 Å². The molecule has 1 aromatic carbocycles. The van der Waals surface area contributed by atoms with E-state index >= 15 is 0 Å². The highest BCUT2D eigenvalue weighted by Gasteiger charge is 2.33. The second-order valence-electron chi connectivity index (χ2n) is 4.42. The zero-order chi connectivity index (χ0) is 12.4. The lowest BCUT2D eigenvalue weighted by atomic mass is 10.1. The van der Waals surface area contributed by atoms with Gasteiger partial charge < -0.3 is 10.0 Å². The summed E-state index contributed by atoms with van der Waals surface area (Å²) >= 11 is 1.63. The summed E-state index contributed by atoms with van der Waals surface area (Å²) in [6.07, 6.45) is -0.482. The third-order valence-electron chi connectivity index (χ3n) is 2.88. The first-order valence-corrected chi connectivity index (χ1v) is 6.79. The van der Waals surface area contributed by atoms with Gasteiger partial charge in [-0.2, -0.15) is 0 Å². The molecule has 92 valence electrons. The Kier molecular flexibility index (Phi) is 3.74. The minimum atomic E-state index is -0.482. The Morgan fingerprint density at radius 1 is 1.53 bits per heavy atom. The van der Waals surface area contributed by atoms with Crippen LogP contribution in [0.1, 0.15) is 23.4 Å². The highest BCUT2D eigenvalue weighted by atomic mass is 32.2. The van der Waals surface area contributed by atoms with Crippen molar-refractivity contribution in [3.05, 3.63) is 35.4 Å². The maximum atomic E-state index is 11.8. The third kappa shape index (κ3) is 2.64. The van der Waals surface area contributed by atoms with Gasteiger partial charge in [-0.05, 0) is 25.0 Å². The van der Waals surface area contributed by atoms with Crippen LogP contribution in [0.15, 0.2) is 24.3 Å². The van der Waals surface area contributed by atoms with Crippen LogP contribution < -0.4 is 0 Å². The van der Waals surface area contributed by atoms with Gasteiger partial charge >= 0.3 is 0 Å². The molecular formula is C13H17NO2S. The van der Waals surface area contributed by atoms with Gasteiger partial charge in [0.05, 0.1) is 11.9 Å². The van der Waals surface area contributed by atoms with Crippen LogP contribution >= 0.6 is 11.8 Å². The molecule has 0 radical (unpaired) electrons. The van der Waals surface area contributed by atoms with Crippen molar-refractivity contribution >= 4 is 17.7 Å². The molecule has 2 rings (SSSR count). The highest BCUT2D eigenvalue weighted by molar-refractivity contribution is 8.00. The number of aliphatic hydroxyl groups is 1. The Balaban J connectivity index is 2.25. The van der Waals surface area contributed by atoms with Gasteiger partial charge in [-0.15, -0.1) is 11.8 Å². The van der Waals surface area contributed by atoms with Crippen molar-refractivity contribution in [2.45, 2.75) is 25.3 Å². The maximum absolute atomic E-state index is 11.8. The van der Waals surface area contributed by atoms with Gasteiger partial charge in [-0.25, -0.2) is 0 Å². The fourth-order valence-electron chi connectivity index (χ4n) is 2.06. The number of hydrogen-bond acceptors (Lipinski definition) is 3. The maximum Gasteiger partial charge on any atom is 0.233 e. The van der Waals surface area contributed by atoms with E-state index in [0.717, 1.165) is 0 Å². The second-order valence-corrected chi connectivity index (χ2v) is 5.48. The van der Waals surface area contributed by atoms with E-state index < -0.39 is 6.10 Å². The van der Waals surface area contributed by atoms with Crippen LogP contribution in [0, 0.1) is 6.92 Å². The number of amides is 1. The first kappa shape index (κ1) is 12.5. The average Bonchev–Trinajstić information content (AvgIpc) is 2.61. The molecule has 1 aliphatic heterocycles. The molecule has 17 heavy (non-hydrogen) atoms. The van der Waals surface area contributed by atoms with Crippen molar-refractivity contribution in [1.82, 2.24) is 4.90 Å². The quantitative estimate of drug-likeness (QED) is 0.892. The minimum Gasteiger partial charge on any atom is -0.392 e. The Hall–Kier alpha value is -1.00. The lowest BCUT2D eigenvalue weighted by Crippen LogP contribution is -2.34. The SMILES string of the molecule is Cc1ccccc1[C@@H]1SCC(=O)N1C[C@H](C)O. The van der Waals surface area contributed by atoms with Crippen molar-refractivity contribution in [2.75, 3.05) is 12.3 Å². The minimum absolute atomic E-state index is 0.0540. The predicted molar refractivity (Wildman–Crippen MR) is 69.8 cm³/mol. The molecule has 0 aromatic heterocycles. The van der Waals surface area contributed by atoms with Crippen molar-refractivity contribution in [3.8, 4) is 0 Å². The standard InChI is InChI=1S/C13H17NO2S/c1-9-5-3-4-6-11(9)13-14(7-10(2)15)12(16)8-17-13/h3-6,10,13,15H,7-8H2,1-2H3/t10-,13-/m0/s1. The zero-order valence-electron chi connectivity index (χ0n) is 10.1. The molecule has 2 atom stereocenters. The Morgan fingerprint density at radius 2 is 2.24 bits per heavy atom. The smallest absolute Gasteiger partial charge is 0.233 e.